The highest BCUT2D eigenvalue weighted by Crippen LogP contribution is 2.15. The van der Waals surface area contributed by atoms with Gasteiger partial charge in [0.25, 0.3) is 0 Å². The maximum atomic E-state index is 10.6. The Hall–Kier alpha value is -2.12. The van der Waals surface area contributed by atoms with Crippen molar-refractivity contribution < 1.29 is 39.6 Å². The maximum absolute atomic E-state index is 10.6. The van der Waals surface area contributed by atoms with Crippen molar-refractivity contribution in [3.05, 3.63) is 0 Å². The third-order valence-electron chi connectivity index (χ3n) is 2.93. The number of unbranched alkanes of at least 4 members (excludes halogenated alkanes) is 3. The van der Waals surface area contributed by atoms with Gasteiger partial charge < -0.3 is 20.4 Å². The highest BCUT2D eigenvalue weighted by atomic mass is 16.4. The summed E-state index contributed by atoms with van der Waals surface area (Å²) in [4.78, 5) is 42.4. The highest BCUT2D eigenvalue weighted by molar-refractivity contribution is 5.93. The van der Waals surface area contributed by atoms with E-state index in [1.165, 1.54) is 0 Å². The average Bonchev–Trinajstić information content (AvgIpc) is 2.30. The lowest BCUT2D eigenvalue weighted by atomic mass is 9.98. The standard InChI is InChI=1S/C12H18O8/c13-9(14)7(10(15)16)5-3-1-2-4-6-8(11(17)18)12(19)20/h7-8H,1-6H2,(H,13,14)(H,15,16)(H,17,18)(H,19,20). The average molecular weight is 290 g/mol. The molecule has 0 unspecified atom stereocenters. The molecule has 0 aromatic carbocycles. The van der Waals surface area contributed by atoms with Crippen molar-refractivity contribution in [2.45, 2.75) is 38.5 Å². The zero-order valence-electron chi connectivity index (χ0n) is 10.8. The summed E-state index contributed by atoms with van der Waals surface area (Å²) in [6, 6.07) is 0. The Bertz CT molecular complexity index is 312. The summed E-state index contributed by atoms with van der Waals surface area (Å²) < 4.78 is 0. The van der Waals surface area contributed by atoms with Crippen molar-refractivity contribution in [2.24, 2.45) is 11.8 Å². The highest BCUT2D eigenvalue weighted by Gasteiger charge is 2.26. The van der Waals surface area contributed by atoms with Gasteiger partial charge in [-0.15, -0.1) is 0 Å². The van der Waals surface area contributed by atoms with Crippen LogP contribution in [0.25, 0.3) is 0 Å². The van der Waals surface area contributed by atoms with Gasteiger partial charge in [-0.2, -0.15) is 0 Å². The van der Waals surface area contributed by atoms with Gasteiger partial charge in [-0.25, -0.2) is 0 Å². The zero-order chi connectivity index (χ0) is 15.7. The second kappa shape index (κ2) is 8.89. The molecule has 4 N–H and O–H groups in total. The largest absolute Gasteiger partial charge is 0.481 e. The molecule has 0 aliphatic rings. The number of carboxylic acid groups (broad SMARTS) is 4. The molecule has 0 atom stereocenters. The number of carbonyl (C=O) groups is 4. The second-order valence-electron chi connectivity index (χ2n) is 4.45. The number of hydrogen-bond acceptors (Lipinski definition) is 4. The van der Waals surface area contributed by atoms with E-state index in [0.717, 1.165) is 0 Å². The lowest BCUT2D eigenvalue weighted by molar-refractivity contribution is -0.157. The fraction of sp³-hybridized carbons (Fsp3) is 0.667. The van der Waals surface area contributed by atoms with Crippen LogP contribution in [0.1, 0.15) is 38.5 Å². The summed E-state index contributed by atoms with van der Waals surface area (Å²) in [6.45, 7) is 0. The first-order valence-electron chi connectivity index (χ1n) is 6.18. The molecule has 0 heterocycles. The lowest BCUT2D eigenvalue weighted by Crippen LogP contribution is -2.23. The predicted octanol–water partition coefficient (Wildman–Crippen LogP) is 0.898. The van der Waals surface area contributed by atoms with Crippen molar-refractivity contribution in [3.8, 4) is 0 Å². The second-order valence-corrected chi connectivity index (χ2v) is 4.45. The molecule has 20 heavy (non-hydrogen) atoms. The minimum atomic E-state index is -1.43. The molecule has 0 aliphatic heterocycles. The number of rotatable bonds is 11. The smallest absolute Gasteiger partial charge is 0.317 e. The summed E-state index contributed by atoms with van der Waals surface area (Å²) in [5, 5.41) is 34.5. The van der Waals surface area contributed by atoms with Gasteiger partial charge in [0.15, 0.2) is 11.8 Å². The minimum absolute atomic E-state index is 0.00591. The molecule has 0 fully saturated rings. The van der Waals surface area contributed by atoms with E-state index < -0.39 is 35.7 Å². The predicted molar refractivity (Wildman–Crippen MR) is 65.2 cm³/mol. The Balaban J connectivity index is 3.87. The maximum Gasteiger partial charge on any atom is 0.317 e. The van der Waals surface area contributed by atoms with Gasteiger partial charge in [0.2, 0.25) is 0 Å². The molecule has 0 spiro atoms. The van der Waals surface area contributed by atoms with E-state index >= 15 is 0 Å². The molecule has 8 nitrogen and oxygen atoms in total. The molecule has 0 aromatic heterocycles. The Labute approximate surface area is 115 Å². The number of aliphatic carboxylic acids is 4. The summed E-state index contributed by atoms with van der Waals surface area (Å²) in [5.41, 5.74) is 0. The molecule has 0 aliphatic carbocycles. The summed E-state index contributed by atoms with van der Waals surface area (Å²) in [7, 11) is 0. The Morgan fingerprint density at radius 2 is 0.800 bits per heavy atom. The van der Waals surface area contributed by atoms with Crippen LogP contribution < -0.4 is 0 Å². The van der Waals surface area contributed by atoms with Crippen LogP contribution >= 0.6 is 0 Å². The quantitative estimate of drug-likeness (QED) is 0.324. The van der Waals surface area contributed by atoms with Crippen molar-refractivity contribution >= 4 is 23.9 Å². The van der Waals surface area contributed by atoms with Gasteiger partial charge in [0, 0.05) is 0 Å². The van der Waals surface area contributed by atoms with Crippen molar-refractivity contribution in [3.63, 3.8) is 0 Å². The molecule has 0 saturated carbocycles. The van der Waals surface area contributed by atoms with E-state index in [1.807, 2.05) is 0 Å². The summed E-state index contributed by atoms with van der Waals surface area (Å²) in [6.07, 6.45) is 1.84. The van der Waals surface area contributed by atoms with E-state index in [4.69, 9.17) is 20.4 Å². The van der Waals surface area contributed by atoms with E-state index in [-0.39, 0.29) is 12.8 Å². The van der Waals surface area contributed by atoms with Crippen LogP contribution in [0.2, 0.25) is 0 Å². The Morgan fingerprint density at radius 3 is 1.00 bits per heavy atom. The molecule has 0 bridgehead atoms. The molecule has 0 radical (unpaired) electrons. The molecule has 0 rings (SSSR count). The first-order valence-corrected chi connectivity index (χ1v) is 6.18. The Kier molecular flexibility index (Phi) is 7.95. The van der Waals surface area contributed by atoms with Crippen LogP contribution in [0.3, 0.4) is 0 Å². The summed E-state index contributed by atoms with van der Waals surface area (Å²) in [5.74, 6) is -8.38. The van der Waals surface area contributed by atoms with Crippen molar-refractivity contribution in [1.29, 1.82) is 0 Å². The van der Waals surface area contributed by atoms with Gasteiger partial charge >= 0.3 is 23.9 Å². The van der Waals surface area contributed by atoms with Crippen molar-refractivity contribution in [1.82, 2.24) is 0 Å². The first-order chi connectivity index (χ1) is 9.27. The minimum Gasteiger partial charge on any atom is -0.481 e. The van der Waals surface area contributed by atoms with E-state index in [9.17, 15) is 19.2 Å². The van der Waals surface area contributed by atoms with Gasteiger partial charge in [-0.1, -0.05) is 25.7 Å². The van der Waals surface area contributed by atoms with Crippen LogP contribution in [0, 0.1) is 11.8 Å². The van der Waals surface area contributed by atoms with E-state index in [0.29, 0.717) is 25.7 Å². The molecular formula is C12H18O8. The van der Waals surface area contributed by atoms with Crippen LogP contribution in [0.5, 0.6) is 0 Å². The van der Waals surface area contributed by atoms with E-state index in [1.54, 1.807) is 0 Å². The molecule has 8 heteroatoms. The third-order valence-corrected chi connectivity index (χ3v) is 2.93. The van der Waals surface area contributed by atoms with Gasteiger partial charge in [-0.05, 0) is 12.8 Å². The lowest BCUT2D eigenvalue weighted by Gasteiger charge is -2.08. The van der Waals surface area contributed by atoms with Gasteiger partial charge in [0.05, 0.1) is 0 Å². The van der Waals surface area contributed by atoms with Crippen molar-refractivity contribution in [2.75, 3.05) is 0 Å². The van der Waals surface area contributed by atoms with Crippen LogP contribution in [-0.4, -0.2) is 44.3 Å². The topological polar surface area (TPSA) is 149 Å². The number of hydrogen-bond donors (Lipinski definition) is 4. The molecule has 0 amide bonds. The van der Waals surface area contributed by atoms with Gasteiger partial charge in [0.1, 0.15) is 0 Å². The SMILES string of the molecule is O=C(O)C(CCCCCCC(C(=O)O)C(=O)O)C(=O)O. The fourth-order valence-corrected chi connectivity index (χ4v) is 1.76. The Morgan fingerprint density at radius 1 is 0.550 bits per heavy atom. The molecule has 0 saturated heterocycles. The summed E-state index contributed by atoms with van der Waals surface area (Å²) >= 11 is 0. The third kappa shape index (κ3) is 6.72. The monoisotopic (exact) mass is 290 g/mol. The van der Waals surface area contributed by atoms with E-state index in [2.05, 4.69) is 0 Å². The molecule has 114 valence electrons. The first kappa shape index (κ1) is 17.9. The van der Waals surface area contributed by atoms with Gasteiger partial charge in [-0.3, -0.25) is 19.2 Å². The molecule has 0 aromatic rings. The van der Waals surface area contributed by atoms with Crippen LogP contribution in [0.15, 0.2) is 0 Å². The normalized spacial score (nSPS) is 10.7. The van der Waals surface area contributed by atoms with Crippen LogP contribution in [0.4, 0.5) is 0 Å². The fourth-order valence-electron chi connectivity index (χ4n) is 1.76. The number of carboxylic acids is 4. The van der Waals surface area contributed by atoms with Crippen LogP contribution in [-0.2, 0) is 19.2 Å². The molecular weight excluding hydrogens is 272 g/mol. The zero-order valence-corrected chi connectivity index (χ0v) is 10.8.